The lowest BCUT2D eigenvalue weighted by Crippen LogP contribution is -2.44. The number of hydrogen-bond donors (Lipinski definition) is 1. The van der Waals surface area contributed by atoms with Crippen LogP contribution in [-0.2, 0) is 6.42 Å². The van der Waals surface area contributed by atoms with Crippen LogP contribution < -0.4 is 5.32 Å². The molecule has 2 aliphatic rings. The van der Waals surface area contributed by atoms with Gasteiger partial charge in [0.15, 0.2) is 0 Å². The maximum atomic E-state index is 13.3. The highest BCUT2D eigenvalue weighted by Gasteiger charge is 2.46. The number of nitrogens with one attached hydrogen (secondary N) is 1. The average Bonchev–Trinajstić information content (AvgIpc) is 3.07. The first-order valence-electron chi connectivity index (χ1n) is 6.39. The van der Waals surface area contributed by atoms with Gasteiger partial charge in [0.25, 0.3) is 0 Å². The van der Waals surface area contributed by atoms with E-state index in [0.29, 0.717) is 0 Å². The second-order valence-electron chi connectivity index (χ2n) is 5.37. The molecule has 3 rings (SSSR count). The molecule has 1 heterocycles. The Morgan fingerprint density at radius 3 is 2.88 bits per heavy atom. The van der Waals surface area contributed by atoms with Gasteiger partial charge in [-0.25, -0.2) is 4.39 Å². The lowest BCUT2D eigenvalue weighted by atomic mass is 9.84. The molecule has 0 amide bonds. The van der Waals surface area contributed by atoms with E-state index in [1.165, 1.54) is 31.7 Å². The SMILES string of the molecule is Fc1ccc(Br)c(CC2(C3CC3)CCCN2)c1. The topological polar surface area (TPSA) is 12.0 Å². The Hall–Kier alpha value is -0.410. The summed E-state index contributed by atoms with van der Waals surface area (Å²) in [5.74, 6) is 0.673. The van der Waals surface area contributed by atoms with Crippen molar-refractivity contribution >= 4 is 15.9 Å². The van der Waals surface area contributed by atoms with E-state index < -0.39 is 0 Å². The molecule has 0 aromatic heterocycles. The number of benzene rings is 1. The second-order valence-corrected chi connectivity index (χ2v) is 6.23. The normalized spacial score (nSPS) is 28.6. The van der Waals surface area contributed by atoms with Crippen molar-refractivity contribution in [3.8, 4) is 0 Å². The van der Waals surface area contributed by atoms with Crippen LogP contribution in [0.5, 0.6) is 0 Å². The molecule has 0 bridgehead atoms. The average molecular weight is 298 g/mol. The number of rotatable bonds is 3. The van der Waals surface area contributed by atoms with Crippen molar-refractivity contribution in [1.82, 2.24) is 5.32 Å². The summed E-state index contributed by atoms with van der Waals surface area (Å²) >= 11 is 3.54. The predicted molar refractivity (Wildman–Crippen MR) is 70.5 cm³/mol. The van der Waals surface area contributed by atoms with Gasteiger partial charge in [-0.1, -0.05) is 15.9 Å². The third-order valence-electron chi connectivity index (χ3n) is 4.15. The van der Waals surface area contributed by atoms with Crippen molar-refractivity contribution in [1.29, 1.82) is 0 Å². The van der Waals surface area contributed by atoms with Crippen LogP contribution >= 0.6 is 15.9 Å². The molecule has 1 aliphatic carbocycles. The fourth-order valence-corrected chi connectivity index (χ4v) is 3.51. The van der Waals surface area contributed by atoms with Crippen LogP contribution in [0.15, 0.2) is 22.7 Å². The molecule has 0 spiro atoms. The molecule has 1 nitrogen and oxygen atoms in total. The first-order chi connectivity index (χ1) is 8.20. The Kier molecular flexibility index (Phi) is 2.99. The lowest BCUT2D eigenvalue weighted by molar-refractivity contribution is 0.322. The molecule has 1 saturated carbocycles. The van der Waals surface area contributed by atoms with Gasteiger partial charge >= 0.3 is 0 Å². The molecule has 1 unspecified atom stereocenters. The zero-order valence-electron chi connectivity index (χ0n) is 9.81. The molecule has 1 atom stereocenters. The molecule has 3 heteroatoms. The van der Waals surface area contributed by atoms with Gasteiger partial charge in [0.2, 0.25) is 0 Å². The van der Waals surface area contributed by atoms with Gasteiger partial charge in [-0.3, -0.25) is 0 Å². The Bertz CT molecular complexity index is 422. The molecule has 0 radical (unpaired) electrons. The van der Waals surface area contributed by atoms with E-state index in [2.05, 4.69) is 21.2 Å². The Balaban J connectivity index is 1.87. The third kappa shape index (κ3) is 2.27. The summed E-state index contributed by atoms with van der Waals surface area (Å²) in [6.45, 7) is 1.11. The van der Waals surface area contributed by atoms with E-state index in [1.54, 1.807) is 6.07 Å². The van der Waals surface area contributed by atoms with Gasteiger partial charge in [-0.15, -0.1) is 0 Å². The molecule has 1 N–H and O–H groups in total. The van der Waals surface area contributed by atoms with E-state index in [1.807, 2.05) is 6.07 Å². The van der Waals surface area contributed by atoms with Gasteiger partial charge in [0.05, 0.1) is 0 Å². The number of halogens is 2. The second kappa shape index (κ2) is 4.36. The Labute approximate surface area is 110 Å². The first kappa shape index (κ1) is 11.7. The fourth-order valence-electron chi connectivity index (χ4n) is 3.13. The van der Waals surface area contributed by atoms with Gasteiger partial charge in [0.1, 0.15) is 5.82 Å². The summed E-state index contributed by atoms with van der Waals surface area (Å²) in [5, 5.41) is 3.68. The largest absolute Gasteiger partial charge is 0.311 e. The lowest BCUT2D eigenvalue weighted by Gasteiger charge is -2.30. The summed E-state index contributed by atoms with van der Waals surface area (Å²) in [6.07, 6.45) is 6.11. The van der Waals surface area contributed by atoms with Crippen LogP contribution in [0.4, 0.5) is 4.39 Å². The Morgan fingerprint density at radius 1 is 1.41 bits per heavy atom. The summed E-state index contributed by atoms with van der Waals surface area (Å²) in [6, 6.07) is 5.01. The van der Waals surface area contributed by atoms with E-state index in [-0.39, 0.29) is 11.4 Å². The molecular formula is C14H17BrFN. The molecule has 1 aromatic carbocycles. The van der Waals surface area contributed by atoms with Gasteiger partial charge in [0, 0.05) is 10.0 Å². The molecule has 1 saturated heterocycles. The van der Waals surface area contributed by atoms with Crippen LogP contribution in [-0.4, -0.2) is 12.1 Å². The monoisotopic (exact) mass is 297 g/mol. The van der Waals surface area contributed by atoms with Crippen LogP contribution in [0.2, 0.25) is 0 Å². The summed E-state index contributed by atoms with van der Waals surface area (Å²) in [4.78, 5) is 0. The summed E-state index contributed by atoms with van der Waals surface area (Å²) in [5.41, 5.74) is 1.35. The zero-order chi connectivity index (χ0) is 11.9. The molecule has 1 aliphatic heterocycles. The maximum Gasteiger partial charge on any atom is 0.123 e. The van der Waals surface area contributed by atoms with Crippen molar-refractivity contribution < 1.29 is 4.39 Å². The van der Waals surface area contributed by atoms with Crippen LogP contribution in [0.25, 0.3) is 0 Å². The molecule has 92 valence electrons. The molecule has 17 heavy (non-hydrogen) atoms. The first-order valence-corrected chi connectivity index (χ1v) is 7.18. The maximum absolute atomic E-state index is 13.3. The van der Waals surface area contributed by atoms with Crippen molar-refractivity contribution in [3.05, 3.63) is 34.1 Å². The summed E-state index contributed by atoms with van der Waals surface area (Å²) < 4.78 is 14.4. The minimum atomic E-state index is -0.132. The quantitative estimate of drug-likeness (QED) is 0.898. The molecule has 1 aromatic rings. The van der Waals surface area contributed by atoms with E-state index >= 15 is 0 Å². The van der Waals surface area contributed by atoms with Crippen molar-refractivity contribution in [2.75, 3.05) is 6.54 Å². The van der Waals surface area contributed by atoms with E-state index in [0.717, 1.165) is 28.9 Å². The minimum absolute atomic E-state index is 0.132. The zero-order valence-corrected chi connectivity index (χ0v) is 11.4. The fraction of sp³-hybridized carbons (Fsp3) is 0.571. The summed E-state index contributed by atoms with van der Waals surface area (Å²) in [7, 11) is 0. The van der Waals surface area contributed by atoms with Crippen molar-refractivity contribution in [3.63, 3.8) is 0 Å². The standard InChI is InChI=1S/C14H17BrFN/c15-13-5-4-12(16)8-10(13)9-14(11-2-3-11)6-1-7-17-14/h4-5,8,11,17H,1-3,6-7,9H2. The van der Waals surface area contributed by atoms with Crippen LogP contribution in [0.1, 0.15) is 31.2 Å². The highest BCUT2D eigenvalue weighted by molar-refractivity contribution is 9.10. The molecule has 2 fully saturated rings. The van der Waals surface area contributed by atoms with Crippen LogP contribution in [0, 0.1) is 11.7 Å². The smallest absolute Gasteiger partial charge is 0.123 e. The van der Waals surface area contributed by atoms with E-state index in [4.69, 9.17) is 0 Å². The highest BCUT2D eigenvalue weighted by atomic mass is 79.9. The predicted octanol–water partition coefficient (Wildman–Crippen LogP) is 3.66. The highest BCUT2D eigenvalue weighted by Crippen LogP contribution is 2.46. The van der Waals surface area contributed by atoms with Crippen molar-refractivity contribution in [2.24, 2.45) is 5.92 Å². The van der Waals surface area contributed by atoms with Crippen LogP contribution in [0.3, 0.4) is 0 Å². The van der Waals surface area contributed by atoms with E-state index in [9.17, 15) is 4.39 Å². The number of hydrogen-bond acceptors (Lipinski definition) is 1. The van der Waals surface area contributed by atoms with Crippen molar-refractivity contribution in [2.45, 2.75) is 37.6 Å². The van der Waals surface area contributed by atoms with Gasteiger partial charge in [-0.05, 0) is 68.3 Å². The van der Waals surface area contributed by atoms with Gasteiger partial charge in [-0.2, -0.15) is 0 Å². The minimum Gasteiger partial charge on any atom is -0.311 e. The molecular weight excluding hydrogens is 281 g/mol. The third-order valence-corrected chi connectivity index (χ3v) is 4.92. The van der Waals surface area contributed by atoms with Gasteiger partial charge < -0.3 is 5.32 Å². The Morgan fingerprint density at radius 2 is 2.24 bits per heavy atom.